The second-order valence-electron chi connectivity index (χ2n) is 4.15. The molecule has 0 amide bonds. The van der Waals surface area contributed by atoms with Gasteiger partial charge < -0.3 is 4.98 Å². The molecule has 0 unspecified atom stereocenters. The highest BCUT2D eigenvalue weighted by Gasteiger charge is 2.22. The first-order valence-corrected chi connectivity index (χ1v) is 6.18. The van der Waals surface area contributed by atoms with Crippen molar-refractivity contribution in [2.75, 3.05) is 6.54 Å². The van der Waals surface area contributed by atoms with Gasteiger partial charge in [-0.15, -0.1) is 0 Å². The van der Waals surface area contributed by atoms with Crippen LogP contribution in [-0.2, 0) is 10.0 Å². The van der Waals surface area contributed by atoms with Gasteiger partial charge in [-0.1, -0.05) is 0 Å². The van der Waals surface area contributed by atoms with Crippen LogP contribution in [0.1, 0.15) is 19.7 Å². The van der Waals surface area contributed by atoms with Gasteiger partial charge in [0.25, 0.3) is 10.0 Å². The molecule has 6 nitrogen and oxygen atoms in total. The van der Waals surface area contributed by atoms with E-state index in [1.165, 1.54) is 6.20 Å². The fourth-order valence-electron chi connectivity index (χ4n) is 0.928. The first-order chi connectivity index (χ1) is 7.27. The maximum Gasteiger partial charge on any atom is 0.257 e. The Morgan fingerprint density at radius 3 is 2.69 bits per heavy atom. The number of aromatic nitrogens is 2. The van der Waals surface area contributed by atoms with Crippen molar-refractivity contribution in [1.82, 2.24) is 14.7 Å². The van der Waals surface area contributed by atoms with E-state index >= 15 is 0 Å². The molecule has 0 bridgehead atoms. The van der Waals surface area contributed by atoms with E-state index in [1.807, 2.05) is 6.07 Å². The molecule has 0 atom stereocenters. The van der Waals surface area contributed by atoms with E-state index in [2.05, 4.69) is 14.7 Å². The third-order valence-electron chi connectivity index (χ3n) is 1.98. The summed E-state index contributed by atoms with van der Waals surface area (Å²) in [5.41, 5.74) is -0.734. The summed E-state index contributed by atoms with van der Waals surface area (Å²) in [6, 6.07) is 2.02. The Labute approximate surface area is 94.8 Å². The highest BCUT2D eigenvalue weighted by molar-refractivity contribution is 7.89. The Bertz CT molecular complexity index is 510. The van der Waals surface area contributed by atoms with Gasteiger partial charge in [0.2, 0.25) is 0 Å². The van der Waals surface area contributed by atoms with Gasteiger partial charge in [0.1, 0.15) is 5.82 Å². The van der Waals surface area contributed by atoms with Crippen LogP contribution in [0, 0.1) is 23.7 Å². The molecule has 16 heavy (non-hydrogen) atoms. The molecule has 0 fully saturated rings. The maximum absolute atomic E-state index is 11.7. The Morgan fingerprint density at radius 2 is 2.25 bits per heavy atom. The van der Waals surface area contributed by atoms with Crippen molar-refractivity contribution >= 4 is 10.0 Å². The Hall–Kier alpha value is -1.39. The Balaban J connectivity index is 2.79. The summed E-state index contributed by atoms with van der Waals surface area (Å²) in [5.74, 6) is 0.528. The topological polar surface area (TPSA) is 98.6 Å². The minimum absolute atomic E-state index is 0.0127. The third-order valence-corrected chi connectivity index (χ3v) is 3.29. The van der Waals surface area contributed by atoms with Crippen LogP contribution in [0.25, 0.3) is 0 Å². The number of sulfonamides is 1. The fourth-order valence-corrected chi connectivity index (χ4v) is 2.11. The number of hydrogen-bond acceptors (Lipinski definition) is 4. The molecule has 0 radical (unpaired) electrons. The second kappa shape index (κ2) is 4.23. The number of nitriles is 1. The van der Waals surface area contributed by atoms with Gasteiger partial charge in [-0.3, -0.25) is 0 Å². The smallest absolute Gasteiger partial charge is 0.257 e. The van der Waals surface area contributed by atoms with Gasteiger partial charge in [0.05, 0.1) is 17.7 Å². The zero-order valence-electron chi connectivity index (χ0n) is 9.40. The summed E-state index contributed by atoms with van der Waals surface area (Å²) in [5, 5.41) is 8.77. The SMILES string of the molecule is Cc1ncc(S(=O)(=O)NCC(C)(C)C#N)[nH]1. The first kappa shape index (κ1) is 12.7. The second-order valence-corrected chi connectivity index (χ2v) is 5.89. The van der Waals surface area contributed by atoms with E-state index < -0.39 is 15.4 Å². The van der Waals surface area contributed by atoms with Crippen molar-refractivity contribution in [3.8, 4) is 6.07 Å². The summed E-state index contributed by atoms with van der Waals surface area (Å²) < 4.78 is 25.8. The van der Waals surface area contributed by atoms with E-state index in [9.17, 15) is 8.42 Å². The molecule has 2 N–H and O–H groups in total. The van der Waals surface area contributed by atoms with Crippen LogP contribution in [0.5, 0.6) is 0 Å². The lowest BCUT2D eigenvalue weighted by molar-refractivity contribution is 0.478. The van der Waals surface area contributed by atoms with Gasteiger partial charge in [-0.2, -0.15) is 5.26 Å². The molecule has 0 aliphatic heterocycles. The van der Waals surface area contributed by atoms with E-state index in [0.717, 1.165) is 0 Å². The average molecular weight is 242 g/mol. The van der Waals surface area contributed by atoms with Gasteiger partial charge in [-0.05, 0) is 20.8 Å². The number of aryl methyl sites for hydroxylation is 1. The van der Waals surface area contributed by atoms with Crippen LogP contribution in [0.15, 0.2) is 11.2 Å². The van der Waals surface area contributed by atoms with Gasteiger partial charge in [0, 0.05) is 6.54 Å². The number of hydrogen-bond donors (Lipinski definition) is 2. The molecule has 0 saturated carbocycles. The molecule has 1 heterocycles. The monoisotopic (exact) mass is 242 g/mol. The summed E-state index contributed by atoms with van der Waals surface area (Å²) in [7, 11) is -3.60. The van der Waals surface area contributed by atoms with Crippen molar-refractivity contribution in [3.05, 3.63) is 12.0 Å². The minimum Gasteiger partial charge on any atom is -0.332 e. The summed E-state index contributed by atoms with van der Waals surface area (Å²) in [6.45, 7) is 5.05. The molecule has 0 aromatic carbocycles. The van der Waals surface area contributed by atoms with Crippen LogP contribution in [-0.4, -0.2) is 24.9 Å². The number of H-pyrrole nitrogens is 1. The number of nitrogens with one attached hydrogen (secondary N) is 2. The average Bonchev–Trinajstić information content (AvgIpc) is 2.63. The molecule has 88 valence electrons. The Kier molecular flexibility index (Phi) is 3.35. The maximum atomic E-state index is 11.7. The largest absolute Gasteiger partial charge is 0.332 e. The molecule has 7 heteroatoms. The molecule has 0 aliphatic rings. The van der Waals surface area contributed by atoms with Crippen molar-refractivity contribution < 1.29 is 8.42 Å². The quantitative estimate of drug-likeness (QED) is 0.805. The number of aromatic amines is 1. The molecule has 0 spiro atoms. The highest BCUT2D eigenvalue weighted by Crippen LogP contribution is 2.13. The van der Waals surface area contributed by atoms with E-state index in [1.54, 1.807) is 20.8 Å². The number of imidazole rings is 1. The van der Waals surface area contributed by atoms with Crippen LogP contribution < -0.4 is 4.72 Å². The van der Waals surface area contributed by atoms with Gasteiger partial charge >= 0.3 is 0 Å². The molecule has 1 aromatic heterocycles. The summed E-state index contributed by atoms with van der Waals surface area (Å²) in [4.78, 5) is 6.43. The minimum atomic E-state index is -3.60. The van der Waals surface area contributed by atoms with Crippen molar-refractivity contribution in [3.63, 3.8) is 0 Å². The zero-order chi connectivity index (χ0) is 12.4. The summed E-state index contributed by atoms with van der Waals surface area (Å²) >= 11 is 0. The van der Waals surface area contributed by atoms with Crippen LogP contribution >= 0.6 is 0 Å². The first-order valence-electron chi connectivity index (χ1n) is 4.69. The number of rotatable bonds is 4. The normalized spacial score (nSPS) is 12.4. The summed E-state index contributed by atoms with van der Waals surface area (Å²) in [6.07, 6.45) is 1.25. The Morgan fingerprint density at radius 1 is 1.62 bits per heavy atom. The molecule has 1 aromatic rings. The van der Waals surface area contributed by atoms with Crippen LogP contribution in [0.4, 0.5) is 0 Å². The van der Waals surface area contributed by atoms with Crippen LogP contribution in [0.3, 0.4) is 0 Å². The van der Waals surface area contributed by atoms with Crippen LogP contribution in [0.2, 0.25) is 0 Å². The zero-order valence-corrected chi connectivity index (χ0v) is 10.2. The van der Waals surface area contributed by atoms with Crippen molar-refractivity contribution in [1.29, 1.82) is 5.26 Å². The lowest BCUT2D eigenvalue weighted by Crippen LogP contribution is -2.33. The van der Waals surface area contributed by atoms with Crippen molar-refractivity contribution in [2.24, 2.45) is 5.41 Å². The molecule has 1 rings (SSSR count). The predicted octanol–water partition coefficient (Wildman–Crippen LogP) is 0.546. The fraction of sp³-hybridized carbons (Fsp3) is 0.556. The van der Waals surface area contributed by atoms with E-state index in [4.69, 9.17) is 5.26 Å². The molecule has 0 aliphatic carbocycles. The number of nitrogens with zero attached hydrogens (tertiary/aromatic N) is 2. The van der Waals surface area contributed by atoms with E-state index in [0.29, 0.717) is 5.82 Å². The van der Waals surface area contributed by atoms with Crippen molar-refractivity contribution in [2.45, 2.75) is 25.8 Å². The van der Waals surface area contributed by atoms with E-state index in [-0.39, 0.29) is 11.6 Å². The molecular formula is C9H14N4O2S. The molecular weight excluding hydrogens is 228 g/mol. The van der Waals surface area contributed by atoms with Gasteiger partial charge in [0.15, 0.2) is 5.03 Å². The van der Waals surface area contributed by atoms with Gasteiger partial charge in [-0.25, -0.2) is 18.1 Å². The lowest BCUT2D eigenvalue weighted by Gasteiger charge is -2.15. The predicted molar refractivity (Wildman–Crippen MR) is 57.9 cm³/mol. The standard InChI is InChI=1S/C9H14N4O2S/c1-7-11-4-8(13-7)16(14,15)12-6-9(2,3)5-10/h4,12H,6H2,1-3H3,(H,11,13). The third kappa shape index (κ3) is 3.05. The highest BCUT2D eigenvalue weighted by atomic mass is 32.2. The molecule has 0 saturated heterocycles. The lowest BCUT2D eigenvalue weighted by atomic mass is 9.97.